The third kappa shape index (κ3) is 5.05. The summed E-state index contributed by atoms with van der Waals surface area (Å²) in [5.41, 5.74) is 0.532. The number of rotatable bonds is 6. The predicted octanol–water partition coefficient (Wildman–Crippen LogP) is 2.51. The van der Waals surface area contributed by atoms with E-state index in [2.05, 4.69) is 24.1 Å². The lowest BCUT2D eigenvalue weighted by Crippen LogP contribution is -2.49. The van der Waals surface area contributed by atoms with Gasteiger partial charge in [0, 0.05) is 26.2 Å². The molecule has 19 heavy (non-hydrogen) atoms. The molecule has 0 aromatic rings. The zero-order chi connectivity index (χ0) is 13.6. The van der Waals surface area contributed by atoms with Crippen molar-refractivity contribution in [2.24, 2.45) is 11.3 Å². The molecule has 112 valence electrons. The van der Waals surface area contributed by atoms with E-state index in [4.69, 9.17) is 4.74 Å². The minimum absolute atomic E-state index is 0.532. The molecular weight excluding hydrogens is 236 g/mol. The highest BCUT2D eigenvalue weighted by molar-refractivity contribution is 4.88. The summed E-state index contributed by atoms with van der Waals surface area (Å²) in [4.78, 5) is 2.63. The van der Waals surface area contributed by atoms with E-state index in [9.17, 15) is 0 Å². The number of ether oxygens (including phenoxy) is 1. The Morgan fingerprint density at radius 2 is 1.79 bits per heavy atom. The first-order valence-electron chi connectivity index (χ1n) is 8.21. The molecule has 0 amide bonds. The normalized spacial score (nSPS) is 24.8. The van der Waals surface area contributed by atoms with E-state index >= 15 is 0 Å². The van der Waals surface area contributed by atoms with Crippen LogP contribution < -0.4 is 5.32 Å². The van der Waals surface area contributed by atoms with Crippen LogP contribution in [0.5, 0.6) is 0 Å². The Balaban J connectivity index is 1.85. The Bertz CT molecular complexity index is 243. The molecule has 0 bridgehead atoms. The van der Waals surface area contributed by atoms with Crippen molar-refractivity contribution < 1.29 is 4.74 Å². The molecule has 3 heteroatoms. The van der Waals surface area contributed by atoms with E-state index in [1.54, 1.807) is 0 Å². The molecule has 1 N–H and O–H groups in total. The molecule has 0 spiro atoms. The summed E-state index contributed by atoms with van der Waals surface area (Å²) in [6.45, 7) is 12.3. The van der Waals surface area contributed by atoms with E-state index in [1.807, 2.05) is 0 Å². The molecule has 0 unspecified atom stereocenters. The maximum Gasteiger partial charge on any atom is 0.0594 e. The summed E-state index contributed by atoms with van der Waals surface area (Å²) < 4.78 is 5.48. The molecule has 0 atom stereocenters. The van der Waals surface area contributed by atoms with Crippen LogP contribution in [0, 0.1) is 11.3 Å². The maximum atomic E-state index is 5.48. The number of nitrogens with one attached hydrogen (secondary N) is 1. The second-order valence-corrected chi connectivity index (χ2v) is 6.97. The second-order valence-electron chi connectivity index (χ2n) is 6.97. The van der Waals surface area contributed by atoms with Crippen molar-refractivity contribution in [1.82, 2.24) is 10.2 Å². The molecule has 2 rings (SSSR count). The highest BCUT2D eigenvalue weighted by Crippen LogP contribution is 2.36. The van der Waals surface area contributed by atoms with E-state index in [0.717, 1.165) is 38.8 Å². The molecule has 2 aliphatic rings. The van der Waals surface area contributed by atoms with Gasteiger partial charge in [-0.05, 0) is 30.7 Å². The van der Waals surface area contributed by atoms with Gasteiger partial charge < -0.3 is 10.1 Å². The van der Waals surface area contributed by atoms with E-state index < -0.39 is 0 Å². The molecule has 1 saturated carbocycles. The summed E-state index contributed by atoms with van der Waals surface area (Å²) in [5.74, 6) is 0.754. The van der Waals surface area contributed by atoms with Crippen LogP contribution in [0.4, 0.5) is 0 Å². The maximum absolute atomic E-state index is 5.48. The van der Waals surface area contributed by atoms with Crippen molar-refractivity contribution in [3.63, 3.8) is 0 Å². The molecule has 0 radical (unpaired) electrons. The summed E-state index contributed by atoms with van der Waals surface area (Å²) in [7, 11) is 0. The van der Waals surface area contributed by atoms with Crippen LogP contribution in [0.25, 0.3) is 0 Å². The molecule has 1 saturated heterocycles. The van der Waals surface area contributed by atoms with E-state index in [1.165, 1.54) is 45.2 Å². The fourth-order valence-corrected chi connectivity index (χ4v) is 3.55. The van der Waals surface area contributed by atoms with Crippen molar-refractivity contribution in [1.29, 1.82) is 0 Å². The van der Waals surface area contributed by atoms with Crippen LogP contribution in [0.15, 0.2) is 0 Å². The first-order valence-corrected chi connectivity index (χ1v) is 8.21. The van der Waals surface area contributed by atoms with Crippen LogP contribution >= 0.6 is 0 Å². The fourth-order valence-electron chi connectivity index (χ4n) is 3.55. The lowest BCUT2D eigenvalue weighted by atomic mass is 9.73. The highest BCUT2D eigenvalue weighted by Gasteiger charge is 2.33. The summed E-state index contributed by atoms with van der Waals surface area (Å²) in [5, 5.41) is 3.73. The standard InChI is InChI=1S/C16H32N2O/c1-15(2)12-17-13-16(6-4-3-5-7-16)14-18-8-10-19-11-9-18/h15,17H,3-14H2,1-2H3. The molecular formula is C16H32N2O. The van der Waals surface area contributed by atoms with Gasteiger partial charge in [0.1, 0.15) is 0 Å². The van der Waals surface area contributed by atoms with E-state index in [0.29, 0.717) is 5.41 Å². The molecule has 3 nitrogen and oxygen atoms in total. The van der Waals surface area contributed by atoms with Gasteiger partial charge >= 0.3 is 0 Å². The Morgan fingerprint density at radius 3 is 2.42 bits per heavy atom. The van der Waals surface area contributed by atoms with Crippen LogP contribution in [0.2, 0.25) is 0 Å². The summed E-state index contributed by atoms with van der Waals surface area (Å²) >= 11 is 0. The minimum atomic E-state index is 0.532. The van der Waals surface area contributed by atoms with Gasteiger partial charge in [-0.1, -0.05) is 33.1 Å². The van der Waals surface area contributed by atoms with Gasteiger partial charge in [-0.15, -0.1) is 0 Å². The van der Waals surface area contributed by atoms with Crippen molar-refractivity contribution in [3.8, 4) is 0 Å². The van der Waals surface area contributed by atoms with Crippen molar-refractivity contribution in [3.05, 3.63) is 0 Å². The smallest absolute Gasteiger partial charge is 0.0594 e. The quantitative estimate of drug-likeness (QED) is 0.801. The summed E-state index contributed by atoms with van der Waals surface area (Å²) in [6.07, 6.45) is 7.11. The van der Waals surface area contributed by atoms with Gasteiger partial charge in [0.05, 0.1) is 13.2 Å². The largest absolute Gasteiger partial charge is 0.379 e. The Morgan fingerprint density at radius 1 is 1.11 bits per heavy atom. The number of hydrogen-bond acceptors (Lipinski definition) is 3. The number of nitrogens with zero attached hydrogens (tertiary/aromatic N) is 1. The van der Waals surface area contributed by atoms with Gasteiger partial charge in [-0.2, -0.15) is 0 Å². The third-order valence-electron chi connectivity index (χ3n) is 4.63. The Labute approximate surface area is 119 Å². The van der Waals surface area contributed by atoms with Gasteiger partial charge in [-0.25, -0.2) is 0 Å². The van der Waals surface area contributed by atoms with Crippen LogP contribution in [-0.4, -0.2) is 50.8 Å². The number of hydrogen-bond donors (Lipinski definition) is 1. The van der Waals surface area contributed by atoms with Crippen LogP contribution in [0.3, 0.4) is 0 Å². The Hall–Kier alpha value is -0.120. The van der Waals surface area contributed by atoms with Gasteiger partial charge in [-0.3, -0.25) is 4.90 Å². The first-order chi connectivity index (χ1) is 9.20. The zero-order valence-electron chi connectivity index (χ0n) is 12.9. The second kappa shape index (κ2) is 7.61. The van der Waals surface area contributed by atoms with Crippen molar-refractivity contribution in [2.45, 2.75) is 46.0 Å². The minimum Gasteiger partial charge on any atom is -0.379 e. The van der Waals surface area contributed by atoms with Gasteiger partial charge in [0.25, 0.3) is 0 Å². The fraction of sp³-hybridized carbons (Fsp3) is 1.00. The summed E-state index contributed by atoms with van der Waals surface area (Å²) in [6, 6.07) is 0. The lowest BCUT2D eigenvalue weighted by molar-refractivity contribution is 0.00711. The predicted molar refractivity (Wildman–Crippen MR) is 80.5 cm³/mol. The first kappa shape index (κ1) is 15.3. The monoisotopic (exact) mass is 268 g/mol. The Kier molecular flexibility index (Phi) is 6.11. The zero-order valence-corrected chi connectivity index (χ0v) is 12.9. The third-order valence-corrected chi connectivity index (χ3v) is 4.63. The SMILES string of the molecule is CC(C)CNCC1(CN2CCOCC2)CCCCC1. The number of morpholine rings is 1. The molecule has 1 heterocycles. The van der Waals surface area contributed by atoms with Crippen LogP contribution in [0.1, 0.15) is 46.0 Å². The molecule has 2 fully saturated rings. The topological polar surface area (TPSA) is 24.5 Å². The van der Waals surface area contributed by atoms with E-state index in [-0.39, 0.29) is 0 Å². The molecule has 0 aromatic carbocycles. The molecule has 1 aliphatic carbocycles. The lowest BCUT2D eigenvalue weighted by Gasteiger charge is -2.42. The van der Waals surface area contributed by atoms with Gasteiger partial charge in [0.2, 0.25) is 0 Å². The highest BCUT2D eigenvalue weighted by atomic mass is 16.5. The molecule has 1 aliphatic heterocycles. The molecule has 0 aromatic heterocycles. The van der Waals surface area contributed by atoms with Crippen molar-refractivity contribution >= 4 is 0 Å². The van der Waals surface area contributed by atoms with Crippen LogP contribution in [-0.2, 0) is 4.74 Å². The van der Waals surface area contributed by atoms with Gasteiger partial charge in [0.15, 0.2) is 0 Å². The average Bonchev–Trinajstić information content (AvgIpc) is 2.40. The average molecular weight is 268 g/mol. The van der Waals surface area contributed by atoms with Crippen molar-refractivity contribution in [2.75, 3.05) is 45.9 Å².